The van der Waals surface area contributed by atoms with Gasteiger partial charge in [0.2, 0.25) is 5.91 Å². The van der Waals surface area contributed by atoms with Crippen molar-refractivity contribution in [3.8, 4) is 0 Å². The first-order chi connectivity index (χ1) is 9.66. The normalized spacial score (nSPS) is 13.5. The lowest BCUT2D eigenvalue weighted by atomic mass is 9.90. The number of amides is 1. The Labute approximate surface area is 118 Å². The standard InChI is InChI=1S/C16H19N3O/c17-12-16(18,14-9-5-2-6-10-14)15(20)19-11-13-7-3-1-4-8-13/h1-10H,11-12,17-18H2,(H,19,20). The van der Waals surface area contributed by atoms with Crippen LogP contribution in [0, 0.1) is 0 Å². The van der Waals surface area contributed by atoms with E-state index in [2.05, 4.69) is 5.32 Å². The van der Waals surface area contributed by atoms with Crippen molar-refractivity contribution >= 4 is 5.91 Å². The molecular formula is C16H19N3O. The van der Waals surface area contributed by atoms with Crippen LogP contribution in [0.25, 0.3) is 0 Å². The van der Waals surface area contributed by atoms with E-state index in [0.29, 0.717) is 12.1 Å². The molecule has 1 unspecified atom stereocenters. The molecule has 1 atom stereocenters. The zero-order valence-corrected chi connectivity index (χ0v) is 11.3. The van der Waals surface area contributed by atoms with Crippen LogP contribution in [0.3, 0.4) is 0 Å². The summed E-state index contributed by atoms with van der Waals surface area (Å²) >= 11 is 0. The van der Waals surface area contributed by atoms with Crippen molar-refractivity contribution in [3.05, 3.63) is 71.8 Å². The van der Waals surface area contributed by atoms with Crippen LogP contribution in [0.5, 0.6) is 0 Å². The van der Waals surface area contributed by atoms with Gasteiger partial charge in [0.25, 0.3) is 0 Å². The minimum absolute atomic E-state index is 0.0532. The van der Waals surface area contributed by atoms with E-state index in [1.807, 2.05) is 60.7 Å². The van der Waals surface area contributed by atoms with Crippen LogP contribution in [0.2, 0.25) is 0 Å². The summed E-state index contributed by atoms with van der Waals surface area (Å²) in [4.78, 5) is 12.4. The van der Waals surface area contributed by atoms with Crippen molar-refractivity contribution in [1.29, 1.82) is 0 Å². The Morgan fingerprint density at radius 2 is 1.55 bits per heavy atom. The summed E-state index contributed by atoms with van der Waals surface area (Å²) in [7, 11) is 0. The van der Waals surface area contributed by atoms with Gasteiger partial charge in [-0.1, -0.05) is 60.7 Å². The Kier molecular flexibility index (Phi) is 4.50. The molecule has 2 aromatic rings. The molecule has 5 N–H and O–H groups in total. The number of nitrogens with two attached hydrogens (primary N) is 2. The molecule has 0 saturated carbocycles. The molecule has 0 spiro atoms. The molecule has 4 nitrogen and oxygen atoms in total. The highest BCUT2D eigenvalue weighted by Gasteiger charge is 2.34. The van der Waals surface area contributed by atoms with Gasteiger partial charge in [0.05, 0.1) is 0 Å². The minimum atomic E-state index is -1.20. The Bertz CT molecular complexity index is 556. The smallest absolute Gasteiger partial charge is 0.246 e. The Morgan fingerprint density at radius 1 is 1.00 bits per heavy atom. The molecule has 0 fully saturated rings. The average molecular weight is 269 g/mol. The highest BCUT2D eigenvalue weighted by atomic mass is 16.2. The summed E-state index contributed by atoms with van der Waals surface area (Å²) in [6.45, 7) is 0.489. The summed E-state index contributed by atoms with van der Waals surface area (Å²) in [6, 6.07) is 18.9. The molecule has 0 saturated heterocycles. The quantitative estimate of drug-likeness (QED) is 0.760. The second-order valence-corrected chi connectivity index (χ2v) is 4.71. The molecule has 0 bridgehead atoms. The molecule has 0 radical (unpaired) electrons. The third kappa shape index (κ3) is 3.04. The largest absolute Gasteiger partial charge is 0.350 e. The lowest BCUT2D eigenvalue weighted by Gasteiger charge is -2.27. The van der Waals surface area contributed by atoms with Crippen LogP contribution in [-0.4, -0.2) is 12.5 Å². The van der Waals surface area contributed by atoms with E-state index < -0.39 is 5.54 Å². The van der Waals surface area contributed by atoms with Crippen LogP contribution >= 0.6 is 0 Å². The van der Waals surface area contributed by atoms with Gasteiger partial charge in [0.1, 0.15) is 5.54 Å². The van der Waals surface area contributed by atoms with Gasteiger partial charge in [-0.3, -0.25) is 4.79 Å². The second-order valence-electron chi connectivity index (χ2n) is 4.71. The number of hydrogen-bond donors (Lipinski definition) is 3. The molecule has 0 aliphatic heterocycles. The second kappa shape index (κ2) is 6.32. The van der Waals surface area contributed by atoms with E-state index >= 15 is 0 Å². The first kappa shape index (κ1) is 14.2. The monoisotopic (exact) mass is 269 g/mol. The van der Waals surface area contributed by atoms with Gasteiger partial charge >= 0.3 is 0 Å². The molecule has 0 heterocycles. The van der Waals surface area contributed by atoms with Gasteiger partial charge < -0.3 is 16.8 Å². The van der Waals surface area contributed by atoms with Crippen molar-refractivity contribution in [2.24, 2.45) is 11.5 Å². The van der Waals surface area contributed by atoms with Crippen LogP contribution in [0.4, 0.5) is 0 Å². The van der Waals surface area contributed by atoms with Crippen LogP contribution in [-0.2, 0) is 16.9 Å². The third-order valence-corrected chi connectivity index (χ3v) is 3.31. The number of rotatable bonds is 5. The molecule has 0 aromatic heterocycles. The zero-order chi connectivity index (χ0) is 14.4. The van der Waals surface area contributed by atoms with Gasteiger partial charge in [-0.25, -0.2) is 0 Å². The van der Waals surface area contributed by atoms with E-state index in [9.17, 15) is 4.79 Å². The molecular weight excluding hydrogens is 250 g/mol. The van der Waals surface area contributed by atoms with Crippen molar-refractivity contribution in [1.82, 2.24) is 5.32 Å². The lowest BCUT2D eigenvalue weighted by molar-refractivity contribution is -0.126. The molecule has 1 amide bonds. The number of nitrogens with one attached hydrogen (secondary N) is 1. The topological polar surface area (TPSA) is 81.1 Å². The van der Waals surface area contributed by atoms with E-state index in [4.69, 9.17) is 11.5 Å². The third-order valence-electron chi connectivity index (χ3n) is 3.31. The summed E-state index contributed by atoms with van der Waals surface area (Å²) < 4.78 is 0. The first-order valence-electron chi connectivity index (χ1n) is 6.53. The van der Waals surface area contributed by atoms with E-state index in [0.717, 1.165) is 5.56 Å². The molecule has 2 rings (SSSR count). The molecule has 4 heteroatoms. The first-order valence-corrected chi connectivity index (χ1v) is 6.53. The van der Waals surface area contributed by atoms with Gasteiger partial charge in [-0.2, -0.15) is 0 Å². The minimum Gasteiger partial charge on any atom is -0.350 e. The summed E-state index contributed by atoms with van der Waals surface area (Å²) in [5.74, 6) is -0.268. The Morgan fingerprint density at radius 3 is 2.10 bits per heavy atom. The number of carbonyl (C=O) groups excluding carboxylic acids is 1. The fourth-order valence-electron chi connectivity index (χ4n) is 2.01. The summed E-state index contributed by atoms with van der Waals surface area (Å²) in [6.07, 6.45) is 0. The summed E-state index contributed by atoms with van der Waals surface area (Å²) in [5.41, 5.74) is 12.5. The highest BCUT2D eigenvalue weighted by molar-refractivity contribution is 5.87. The van der Waals surface area contributed by atoms with E-state index in [1.165, 1.54) is 0 Å². The Balaban J connectivity index is 2.10. The Hall–Kier alpha value is -2.17. The summed E-state index contributed by atoms with van der Waals surface area (Å²) in [5, 5.41) is 2.85. The van der Waals surface area contributed by atoms with Gasteiger partial charge in [0, 0.05) is 13.1 Å². The maximum Gasteiger partial charge on any atom is 0.246 e. The van der Waals surface area contributed by atoms with Crippen LogP contribution in [0.1, 0.15) is 11.1 Å². The van der Waals surface area contributed by atoms with Gasteiger partial charge in [-0.15, -0.1) is 0 Å². The number of benzene rings is 2. The maximum atomic E-state index is 12.4. The van der Waals surface area contributed by atoms with E-state index in [-0.39, 0.29) is 12.5 Å². The number of carbonyl (C=O) groups is 1. The molecule has 0 aliphatic carbocycles. The van der Waals surface area contributed by atoms with Gasteiger partial charge in [0.15, 0.2) is 0 Å². The van der Waals surface area contributed by atoms with Crippen molar-refractivity contribution < 1.29 is 4.79 Å². The zero-order valence-electron chi connectivity index (χ0n) is 11.3. The predicted molar refractivity (Wildman–Crippen MR) is 79.7 cm³/mol. The van der Waals surface area contributed by atoms with Gasteiger partial charge in [-0.05, 0) is 11.1 Å². The molecule has 0 aliphatic rings. The SMILES string of the molecule is NCC(N)(C(=O)NCc1ccccc1)c1ccccc1. The van der Waals surface area contributed by atoms with Crippen molar-refractivity contribution in [2.45, 2.75) is 12.1 Å². The predicted octanol–water partition coefficient (Wildman–Crippen LogP) is 1.12. The maximum absolute atomic E-state index is 12.4. The van der Waals surface area contributed by atoms with E-state index in [1.54, 1.807) is 0 Å². The van der Waals surface area contributed by atoms with Crippen molar-refractivity contribution in [2.75, 3.05) is 6.54 Å². The fraction of sp³-hybridized carbons (Fsp3) is 0.188. The molecule has 20 heavy (non-hydrogen) atoms. The van der Waals surface area contributed by atoms with Crippen molar-refractivity contribution in [3.63, 3.8) is 0 Å². The average Bonchev–Trinajstić information content (AvgIpc) is 2.53. The highest BCUT2D eigenvalue weighted by Crippen LogP contribution is 2.17. The lowest BCUT2D eigenvalue weighted by Crippen LogP contribution is -2.55. The van der Waals surface area contributed by atoms with Crippen LogP contribution in [0.15, 0.2) is 60.7 Å². The molecule has 104 valence electrons. The van der Waals surface area contributed by atoms with Crippen LogP contribution < -0.4 is 16.8 Å². The fourth-order valence-corrected chi connectivity index (χ4v) is 2.01. The molecule has 2 aromatic carbocycles. The number of hydrogen-bond acceptors (Lipinski definition) is 3.